The molecule has 3 rings (SSSR count). The number of rotatable bonds is 4. The second-order valence-electron chi connectivity index (χ2n) is 4.79. The summed E-state index contributed by atoms with van der Waals surface area (Å²) in [6, 6.07) is 13.4. The van der Waals surface area contributed by atoms with Crippen LogP contribution in [0.4, 0.5) is 4.39 Å². The molecule has 2 nitrogen and oxygen atoms in total. The van der Waals surface area contributed by atoms with Gasteiger partial charge in [0.1, 0.15) is 11.6 Å². The highest BCUT2D eigenvalue weighted by atomic mass is 127. The Labute approximate surface area is 141 Å². The number of halogens is 3. The maximum absolute atomic E-state index is 13.9. The zero-order valence-electron chi connectivity index (χ0n) is 11.2. The molecule has 5 heteroatoms. The van der Waals surface area contributed by atoms with E-state index >= 15 is 0 Å². The highest BCUT2D eigenvalue weighted by molar-refractivity contribution is 14.1. The van der Waals surface area contributed by atoms with Crippen molar-refractivity contribution in [3.8, 4) is 0 Å². The number of fused-ring (bicyclic) bond motifs is 1. The van der Waals surface area contributed by atoms with Crippen LogP contribution in [0.5, 0.6) is 0 Å². The first-order valence-electron chi connectivity index (χ1n) is 6.63. The lowest BCUT2D eigenvalue weighted by atomic mass is 10.2. The van der Waals surface area contributed by atoms with Gasteiger partial charge in [-0.05, 0) is 34.2 Å². The lowest BCUT2D eigenvalue weighted by Gasteiger charge is -2.09. The molecule has 108 valence electrons. The molecule has 1 aromatic heterocycles. The van der Waals surface area contributed by atoms with Gasteiger partial charge in [-0.25, -0.2) is 9.37 Å². The number of imidazole rings is 1. The maximum atomic E-state index is 13.9. The van der Waals surface area contributed by atoms with E-state index in [1.165, 1.54) is 0 Å². The highest BCUT2D eigenvalue weighted by Gasteiger charge is 2.13. The number of aromatic nitrogens is 2. The molecule has 0 bridgehead atoms. The third-order valence-electron chi connectivity index (χ3n) is 3.37. The molecule has 0 fully saturated rings. The molecular formula is C16H13ClFIN2. The average molecular weight is 415 g/mol. The topological polar surface area (TPSA) is 17.8 Å². The number of alkyl halides is 1. The minimum Gasteiger partial charge on any atom is -0.323 e. The Morgan fingerprint density at radius 1 is 1.19 bits per heavy atom. The van der Waals surface area contributed by atoms with E-state index < -0.39 is 0 Å². The summed E-state index contributed by atoms with van der Waals surface area (Å²) in [6.07, 6.45) is 0.668. The zero-order chi connectivity index (χ0) is 14.8. The lowest BCUT2D eigenvalue weighted by Crippen LogP contribution is -2.06. The van der Waals surface area contributed by atoms with E-state index in [4.69, 9.17) is 11.6 Å². The third-order valence-corrected chi connectivity index (χ3v) is 4.39. The van der Waals surface area contributed by atoms with Crippen molar-refractivity contribution in [1.82, 2.24) is 9.55 Å². The third kappa shape index (κ3) is 3.06. The van der Waals surface area contributed by atoms with Gasteiger partial charge >= 0.3 is 0 Å². The average Bonchev–Trinajstić information content (AvgIpc) is 2.79. The molecular weight excluding hydrogens is 402 g/mol. The molecule has 0 saturated heterocycles. The van der Waals surface area contributed by atoms with Gasteiger partial charge in [0, 0.05) is 24.9 Å². The second-order valence-corrected chi connectivity index (χ2v) is 6.33. The van der Waals surface area contributed by atoms with Gasteiger partial charge in [0.2, 0.25) is 0 Å². The molecule has 3 aromatic rings. The van der Waals surface area contributed by atoms with Crippen molar-refractivity contribution >= 4 is 45.2 Å². The van der Waals surface area contributed by atoms with Crippen LogP contribution in [0.15, 0.2) is 42.5 Å². The van der Waals surface area contributed by atoms with Gasteiger partial charge in [0.15, 0.2) is 0 Å². The molecule has 1 heterocycles. The van der Waals surface area contributed by atoms with E-state index in [-0.39, 0.29) is 5.82 Å². The summed E-state index contributed by atoms with van der Waals surface area (Å²) in [6.45, 7) is 0.670. The SMILES string of the molecule is Fc1cc2c(cc1I)nc(CCCl)n2Cc1ccccc1. The molecule has 0 aliphatic heterocycles. The van der Waals surface area contributed by atoms with Crippen LogP contribution in [-0.4, -0.2) is 15.4 Å². The molecule has 0 aliphatic carbocycles. The van der Waals surface area contributed by atoms with Gasteiger partial charge in [-0.1, -0.05) is 30.3 Å². The van der Waals surface area contributed by atoms with Crippen LogP contribution in [0.2, 0.25) is 0 Å². The highest BCUT2D eigenvalue weighted by Crippen LogP contribution is 2.23. The van der Waals surface area contributed by atoms with E-state index in [1.54, 1.807) is 12.1 Å². The summed E-state index contributed by atoms with van der Waals surface area (Å²) >= 11 is 7.86. The van der Waals surface area contributed by atoms with Crippen molar-refractivity contribution in [3.63, 3.8) is 0 Å². The molecule has 0 spiro atoms. The Morgan fingerprint density at radius 3 is 2.67 bits per heavy atom. The predicted molar refractivity (Wildman–Crippen MR) is 92.4 cm³/mol. The molecule has 21 heavy (non-hydrogen) atoms. The molecule has 0 saturated carbocycles. The van der Waals surface area contributed by atoms with Crippen LogP contribution in [0.3, 0.4) is 0 Å². The van der Waals surface area contributed by atoms with Crippen molar-refractivity contribution in [1.29, 1.82) is 0 Å². The van der Waals surface area contributed by atoms with Gasteiger partial charge in [-0.2, -0.15) is 0 Å². The summed E-state index contributed by atoms with van der Waals surface area (Å²) in [7, 11) is 0. The quantitative estimate of drug-likeness (QED) is 0.450. The minimum absolute atomic E-state index is 0.213. The molecule has 2 aromatic carbocycles. The molecule has 0 radical (unpaired) electrons. The van der Waals surface area contributed by atoms with Crippen LogP contribution in [0.1, 0.15) is 11.4 Å². The summed E-state index contributed by atoms with van der Waals surface area (Å²) in [4.78, 5) is 4.61. The normalized spacial score (nSPS) is 11.2. The van der Waals surface area contributed by atoms with Crippen LogP contribution in [0, 0.1) is 9.39 Å². The number of hydrogen-bond donors (Lipinski definition) is 0. The van der Waals surface area contributed by atoms with Crippen molar-refractivity contribution < 1.29 is 4.39 Å². The molecule has 0 atom stereocenters. The van der Waals surface area contributed by atoms with Crippen molar-refractivity contribution in [2.24, 2.45) is 0 Å². The summed E-state index contributed by atoms with van der Waals surface area (Å²) in [5, 5.41) is 0. The lowest BCUT2D eigenvalue weighted by molar-refractivity contribution is 0.621. The van der Waals surface area contributed by atoms with Crippen molar-refractivity contribution in [2.45, 2.75) is 13.0 Å². The van der Waals surface area contributed by atoms with E-state index in [0.717, 1.165) is 22.4 Å². The Morgan fingerprint density at radius 2 is 1.95 bits per heavy atom. The van der Waals surface area contributed by atoms with Crippen LogP contribution >= 0.6 is 34.2 Å². The van der Waals surface area contributed by atoms with E-state index in [9.17, 15) is 4.39 Å². The first-order chi connectivity index (χ1) is 10.2. The molecule has 0 unspecified atom stereocenters. The largest absolute Gasteiger partial charge is 0.323 e. The Bertz CT molecular complexity index is 771. The summed E-state index contributed by atoms with van der Waals surface area (Å²) in [5.74, 6) is 1.18. The summed E-state index contributed by atoms with van der Waals surface area (Å²) < 4.78 is 16.5. The monoisotopic (exact) mass is 414 g/mol. The molecule has 0 amide bonds. The fourth-order valence-electron chi connectivity index (χ4n) is 2.39. The standard InChI is InChI=1S/C16H13ClFIN2/c17-7-6-16-20-14-9-13(19)12(18)8-15(14)21(16)10-11-4-2-1-3-5-11/h1-5,8-9H,6-7,10H2. The fourth-order valence-corrected chi connectivity index (χ4v) is 3.01. The Hall–Kier alpha value is -1.14. The maximum Gasteiger partial charge on any atom is 0.138 e. The number of hydrogen-bond acceptors (Lipinski definition) is 1. The Balaban J connectivity index is 2.13. The zero-order valence-corrected chi connectivity index (χ0v) is 14.1. The number of nitrogens with zero attached hydrogens (tertiary/aromatic N) is 2. The fraction of sp³-hybridized carbons (Fsp3) is 0.188. The van der Waals surface area contributed by atoms with E-state index in [0.29, 0.717) is 22.4 Å². The minimum atomic E-state index is -0.213. The van der Waals surface area contributed by atoms with Crippen molar-refractivity contribution in [2.75, 3.05) is 5.88 Å². The van der Waals surface area contributed by atoms with Crippen LogP contribution in [-0.2, 0) is 13.0 Å². The van der Waals surface area contributed by atoms with E-state index in [1.807, 2.05) is 45.4 Å². The predicted octanol–water partition coefficient (Wildman–Crippen LogP) is 4.61. The van der Waals surface area contributed by atoms with Gasteiger partial charge in [0.25, 0.3) is 0 Å². The van der Waals surface area contributed by atoms with Gasteiger partial charge in [0.05, 0.1) is 14.6 Å². The second kappa shape index (κ2) is 6.32. The summed E-state index contributed by atoms with van der Waals surface area (Å²) in [5.41, 5.74) is 2.79. The van der Waals surface area contributed by atoms with Gasteiger partial charge in [-0.15, -0.1) is 11.6 Å². The first-order valence-corrected chi connectivity index (χ1v) is 8.24. The Kier molecular flexibility index (Phi) is 4.45. The first kappa shape index (κ1) is 14.8. The smallest absolute Gasteiger partial charge is 0.138 e. The molecule has 0 aliphatic rings. The molecule has 0 N–H and O–H groups in total. The van der Waals surface area contributed by atoms with Gasteiger partial charge in [-0.3, -0.25) is 0 Å². The van der Waals surface area contributed by atoms with Crippen LogP contribution in [0.25, 0.3) is 11.0 Å². The van der Waals surface area contributed by atoms with Crippen molar-refractivity contribution in [3.05, 3.63) is 63.2 Å². The van der Waals surface area contributed by atoms with Crippen LogP contribution < -0.4 is 0 Å². The van der Waals surface area contributed by atoms with E-state index in [2.05, 4.69) is 17.1 Å². The number of aryl methyl sites for hydroxylation is 1. The van der Waals surface area contributed by atoms with Gasteiger partial charge < -0.3 is 4.57 Å². The number of benzene rings is 2.